The second kappa shape index (κ2) is 7.72. The van der Waals surface area contributed by atoms with Crippen molar-refractivity contribution in [2.24, 2.45) is 0 Å². The van der Waals surface area contributed by atoms with Crippen molar-refractivity contribution in [1.29, 1.82) is 0 Å². The fourth-order valence-corrected chi connectivity index (χ4v) is 3.59. The lowest BCUT2D eigenvalue weighted by Gasteiger charge is -2.26. The summed E-state index contributed by atoms with van der Waals surface area (Å²) in [6, 6.07) is 0.452. The molecule has 1 aromatic rings. The van der Waals surface area contributed by atoms with E-state index in [1.165, 1.54) is 6.42 Å². The van der Waals surface area contributed by atoms with Gasteiger partial charge >= 0.3 is 6.09 Å². The smallest absolute Gasteiger partial charge is 0.410 e. The molecule has 25 heavy (non-hydrogen) atoms. The van der Waals surface area contributed by atoms with Gasteiger partial charge in [0.15, 0.2) is 0 Å². The van der Waals surface area contributed by atoms with Crippen LogP contribution in [0.3, 0.4) is 0 Å². The highest BCUT2D eigenvalue weighted by atomic mass is 16.6. The number of amides is 1. The summed E-state index contributed by atoms with van der Waals surface area (Å²) in [7, 11) is 0. The summed E-state index contributed by atoms with van der Waals surface area (Å²) in [5.74, 6) is 2.24. The molecule has 7 nitrogen and oxygen atoms in total. The molecule has 1 aromatic heterocycles. The lowest BCUT2D eigenvalue weighted by Crippen LogP contribution is -2.38. The number of hydrogen-bond donors (Lipinski definition) is 1. The standard InChI is InChI=1S/C18H31N5O2/c1-18(2,3)25-17(24)22-11-4-6-14(9-13-22)19-10-8-16-21-20-15-7-5-12-23(15)16/h14,19H,4-13H2,1-3H3/t14-/m1/s1. The Kier molecular flexibility index (Phi) is 5.61. The molecule has 1 fully saturated rings. The van der Waals surface area contributed by atoms with Crippen LogP contribution in [0.15, 0.2) is 0 Å². The number of nitrogens with zero attached hydrogens (tertiary/aromatic N) is 4. The van der Waals surface area contributed by atoms with Crippen LogP contribution in [0.4, 0.5) is 4.79 Å². The SMILES string of the molecule is CC(C)(C)OC(=O)N1CCC[C@@H](NCCc2nnc3n2CCC3)CC1. The Morgan fingerprint density at radius 2 is 2.04 bits per heavy atom. The first-order valence-electron chi connectivity index (χ1n) is 9.54. The zero-order chi connectivity index (χ0) is 17.9. The van der Waals surface area contributed by atoms with Crippen LogP contribution in [0.1, 0.15) is 58.1 Å². The largest absolute Gasteiger partial charge is 0.444 e. The minimum atomic E-state index is -0.431. The Morgan fingerprint density at radius 3 is 2.84 bits per heavy atom. The van der Waals surface area contributed by atoms with Crippen LogP contribution in [-0.4, -0.2) is 57.0 Å². The molecule has 1 N–H and O–H groups in total. The van der Waals surface area contributed by atoms with Gasteiger partial charge in [-0.05, 0) is 46.5 Å². The summed E-state index contributed by atoms with van der Waals surface area (Å²) in [5.41, 5.74) is -0.431. The topological polar surface area (TPSA) is 72.3 Å². The Bertz CT molecular complexity index is 593. The van der Waals surface area contributed by atoms with Gasteiger partial charge in [-0.2, -0.15) is 0 Å². The van der Waals surface area contributed by atoms with E-state index in [0.29, 0.717) is 6.04 Å². The van der Waals surface area contributed by atoms with Gasteiger partial charge < -0.3 is 19.5 Å². The third-order valence-electron chi connectivity index (χ3n) is 4.85. The molecule has 140 valence electrons. The normalized spacial score (nSPS) is 21.1. The average molecular weight is 349 g/mol. The van der Waals surface area contributed by atoms with Gasteiger partial charge in [0.2, 0.25) is 0 Å². The van der Waals surface area contributed by atoms with E-state index in [1.807, 2.05) is 25.7 Å². The third kappa shape index (κ3) is 4.93. The van der Waals surface area contributed by atoms with Crippen molar-refractivity contribution in [3.63, 3.8) is 0 Å². The summed E-state index contributed by atoms with van der Waals surface area (Å²) >= 11 is 0. The molecule has 2 aliphatic rings. The number of rotatable bonds is 4. The van der Waals surface area contributed by atoms with Crippen molar-refractivity contribution in [3.05, 3.63) is 11.6 Å². The highest BCUT2D eigenvalue weighted by Crippen LogP contribution is 2.16. The van der Waals surface area contributed by atoms with Crippen molar-refractivity contribution in [2.45, 2.75) is 77.5 Å². The number of nitrogens with one attached hydrogen (secondary N) is 1. The number of carbonyl (C=O) groups is 1. The fraction of sp³-hybridized carbons (Fsp3) is 0.833. The minimum absolute atomic E-state index is 0.188. The van der Waals surface area contributed by atoms with E-state index in [4.69, 9.17) is 4.74 Å². The number of ether oxygens (including phenoxy) is 1. The Balaban J connectivity index is 1.41. The van der Waals surface area contributed by atoms with Crippen molar-refractivity contribution in [1.82, 2.24) is 25.0 Å². The van der Waals surface area contributed by atoms with Crippen LogP contribution < -0.4 is 5.32 Å². The number of fused-ring (bicyclic) bond motifs is 1. The lowest BCUT2D eigenvalue weighted by molar-refractivity contribution is 0.0256. The van der Waals surface area contributed by atoms with Crippen LogP contribution >= 0.6 is 0 Å². The first-order chi connectivity index (χ1) is 11.9. The monoisotopic (exact) mass is 349 g/mol. The zero-order valence-electron chi connectivity index (χ0n) is 15.8. The zero-order valence-corrected chi connectivity index (χ0v) is 15.8. The second-order valence-corrected chi connectivity index (χ2v) is 8.09. The van der Waals surface area contributed by atoms with E-state index in [2.05, 4.69) is 20.1 Å². The van der Waals surface area contributed by atoms with Crippen LogP contribution in [0.25, 0.3) is 0 Å². The highest BCUT2D eigenvalue weighted by molar-refractivity contribution is 5.68. The third-order valence-corrected chi connectivity index (χ3v) is 4.85. The molecular formula is C18H31N5O2. The number of aryl methyl sites for hydroxylation is 1. The summed E-state index contributed by atoms with van der Waals surface area (Å²) < 4.78 is 7.75. The van der Waals surface area contributed by atoms with Crippen LogP contribution in [0, 0.1) is 0 Å². The Morgan fingerprint density at radius 1 is 1.20 bits per heavy atom. The van der Waals surface area contributed by atoms with E-state index in [-0.39, 0.29) is 6.09 Å². The molecule has 0 bridgehead atoms. The summed E-state index contributed by atoms with van der Waals surface area (Å²) in [6.07, 6.45) is 6.05. The molecule has 1 atom stereocenters. The van der Waals surface area contributed by atoms with Gasteiger partial charge in [-0.25, -0.2) is 4.79 Å². The molecule has 1 amide bonds. The first-order valence-corrected chi connectivity index (χ1v) is 9.54. The van der Waals surface area contributed by atoms with Crippen molar-refractivity contribution < 1.29 is 9.53 Å². The number of hydrogen-bond acceptors (Lipinski definition) is 5. The molecule has 2 aliphatic heterocycles. The summed E-state index contributed by atoms with van der Waals surface area (Å²) in [6.45, 7) is 9.25. The molecule has 7 heteroatoms. The van der Waals surface area contributed by atoms with Crippen molar-refractivity contribution >= 4 is 6.09 Å². The molecule has 0 aliphatic carbocycles. The summed E-state index contributed by atoms with van der Waals surface area (Å²) in [5, 5.41) is 12.2. The quantitative estimate of drug-likeness (QED) is 0.902. The Hall–Kier alpha value is -1.63. The molecule has 0 aromatic carbocycles. The number of aromatic nitrogens is 3. The van der Waals surface area contributed by atoms with E-state index < -0.39 is 5.60 Å². The maximum absolute atomic E-state index is 12.2. The van der Waals surface area contributed by atoms with Gasteiger partial charge in [0, 0.05) is 45.1 Å². The second-order valence-electron chi connectivity index (χ2n) is 8.09. The van der Waals surface area contributed by atoms with Crippen LogP contribution in [0.5, 0.6) is 0 Å². The van der Waals surface area contributed by atoms with E-state index in [9.17, 15) is 4.79 Å². The number of carbonyl (C=O) groups excluding carboxylic acids is 1. The molecule has 0 spiro atoms. The van der Waals surface area contributed by atoms with Crippen molar-refractivity contribution in [3.8, 4) is 0 Å². The summed E-state index contributed by atoms with van der Waals surface area (Å²) in [4.78, 5) is 14.1. The first kappa shape index (κ1) is 18.2. The molecule has 3 heterocycles. The lowest BCUT2D eigenvalue weighted by atomic mass is 10.1. The predicted octanol–water partition coefficient (Wildman–Crippen LogP) is 2.15. The maximum Gasteiger partial charge on any atom is 0.410 e. The Labute approximate surface area is 150 Å². The molecule has 1 saturated heterocycles. The average Bonchev–Trinajstić information content (AvgIpc) is 3.04. The highest BCUT2D eigenvalue weighted by Gasteiger charge is 2.25. The molecule has 3 rings (SSSR count). The van der Waals surface area contributed by atoms with Gasteiger partial charge in [-0.1, -0.05) is 0 Å². The fourth-order valence-electron chi connectivity index (χ4n) is 3.59. The van der Waals surface area contributed by atoms with Crippen LogP contribution in [-0.2, 0) is 24.1 Å². The van der Waals surface area contributed by atoms with Gasteiger partial charge in [-0.3, -0.25) is 0 Å². The van der Waals surface area contributed by atoms with E-state index in [1.54, 1.807) is 0 Å². The predicted molar refractivity (Wildman–Crippen MR) is 95.5 cm³/mol. The minimum Gasteiger partial charge on any atom is -0.444 e. The van der Waals surface area contributed by atoms with E-state index >= 15 is 0 Å². The molecule has 0 unspecified atom stereocenters. The molecule has 0 saturated carbocycles. The van der Waals surface area contributed by atoms with Gasteiger partial charge in [0.05, 0.1) is 0 Å². The van der Waals surface area contributed by atoms with Gasteiger partial charge in [0.25, 0.3) is 0 Å². The van der Waals surface area contributed by atoms with Crippen molar-refractivity contribution in [2.75, 3.05) is 19.6 Å². The molecule has 0 radical (unpaired) electrons. The number of likely N-dealkylation sites (tertiary alicyclic amines) is 1. The maximum atomic E-state index is 12.2. The van der Waals surface area contributed by atoms with Gasteiger partial charge in [0.1, 0.15) is 17.2 Å². The van der Waals surface area contributed by atoms with E-state index in [0.717, 1.165) is 69.9 Å². The van der Waals surface area contributed by atoms with Crippen LogP contribution in [0.2, 0.25) is 0 Å². The molecular weight excluding hydrogens is 318 g/mol. The van der Waals surface area contributed by atoms with Gasteiger partial charge in [-0.15, -0.1) is 10.2 Å².